The molecule has 2 aromatic rings. The van der Waals surface area contributed by atoms with Crippen LogP contribution in [0, 0.1) is 0 Å². The molecule has 0 bridgehead atoms. The summed E-state index contributed by atoms with van der Waals surface area (Å²) in [7, 11) is 0. The Balaban J connectivity index is 2.47. The lowest BCUT2D eigenvalue weighted by Crippen LogP contribution is -2.32. The monoisotopic (exact) mass is 311 g/mol. The third-order valence-electron chi connectivity index (χ3n) is 3.43. The van der Waals surface area contributed by atoms with Gasteiger partial charge in [0.15, 0.2) is 0 Å². The van der Waals surface area contributed by atoms with Crippen LogP contribution < -0.4 is 5.73 Å². The Morgan fingerprint density at radius 3 is 2.26 bits per heavy atom. The van der Waals surface area contributed by atoms with Crippen molar-refractivity contribution in [2.24, 2.45) is 5.73 Å². The summed E-state index contributed by atoms with van der Waals surface area (Å²) in [4.78, 5) is 21.7. The summed E-state index contributed by atoms with van der Waals surface area (Å²) in [6.45, 7) is 0. The highest BCUT2D eigenvalue weighted by atomic mass is 16.4. The van der Waals surface area contributed by atoms with Gasteiger partial charge in [-0.15, -0.1) is 0 Å². The molecule has 0 aliphatic carbocycles. The smallest absolute Gasteiger partial charge is 0.328 e. The maximum atomic E-state index is 11.0. The van der Waals surface area contributed by atoms with Crippen molar-refractivity contribution in [1.82, 2.24) is 0 Å². The molecule has 2 aromatic carbocycles. The minimum absolute atomic E-state index is 0.197. The topological polar surface area (TPSA) is 101 Å². The van der Waals surface area contributed by atoms with Gasteiger partial charge in [-0.2, -0.15) is 0 Å². The minimum Gasteiger partial charge on any atom is -0.480 e. The Labute approximate surface area is 133 Å². The molecule has 0 radical (unpaired) electrons. The van der Waals surface area contributed by atoms with Crippen molar-refractivity contribution in [1.29, 1.82) is 0 Å². The largest absolute Gasteiger partial charge is 0.480 e. The molecule has 0 fully saturated rings. The van der Waals surface area contributed by atoms with Crippen molar-refractivity contribution in [2.45, 2.75) is 12.5 Å². The van der Waals surface area contributed by atoms with Crippen molar-refractivity contribution in [2.75, 3.05) is 0 Å². The van der Waals surface area contributed by atoms with Crippen LogP contribution in [0.2, 0.25) is 0 Å². The predicted octanol–water partition coefficient (Wildman–Crippen LogP) is 2.41. The molecule has 0 aliphatic heterocycles. The number of aliphatic carboxylic acids is 2. The third kappa shape index (κ3) is 4.28. The zero-order valence-electron chi connectivity index (χ0n) is 12.3. The molecule has 5 heteroatoms. The summed E-state index contributed by atoms with van der Waals surface area (Å²) in [5.74, 6) is -2.08. The van der Waals surface area contributed by atoms with Crippen LogP contribution in [0.3, 0.4) is 0 Å². The van der Waals surface area contributed by atoms with Gasteiger partial charge < -0.3 is 15.9 Å². The number of nitrogens with two attached hydrogens (primary N) is 1. The summed E-state index contributed by atoms with van der Waals surface area (Å²) in [6, 6.07) is 13.7. The quantitative estimate of drug-likeness (QED) is 0.711. The fourth-order valence-electron chi connectivity index (χ4n) is 2.33. The Morgan fingerprint density at radius 2 is 1.61 bits per heavy atom. The Kier molecular flexibility index (Phi) is 5.28. The Bertz CT molecular complexity index is 752. The van der Waals surface area contributed by atoms with Crippen molar-refractivity contribution in [3.05, 3.63) is 65.7 Å². The number of carboxylic acids is 2. The Morgan fingerprint density at radius 1 is 1.00 bits per heavy atom. The molecule has 1 atom stereocenters. The van der Waals surface area contributed by atoms with Crippen molar-refractivity contribution in [3.8, 4) is 11.1 Å². The zero-order valence-corrected chi connectivity index (χ0v) is 12.3. The average Bonchev–Trinajstić information content (AvgIpc) is 2.53. The standard InChI is InChI=1S/C18H17NO4/c19-16(18(22)23)11-13-6-2-4-8-15(13)14-7-3-1-5-12(14)9-10-17(20)21/h1-10,16H,11,19H2,(H,20,21)(H,22,23)/b10-9+. The van der Waals surface area contributed by atoms with E-state index in [0.717, 1.165) is 28.3 Å². The molecule has 118 valence electrons. The first-order valence-corrected chi connectivity index (χ1v) is 7.05. The molecule has 0 saturated heterocycles. The van der Waals surface area contributed by atoms with Crippen molar-refractivity contribution in [3.63, 3.8) is 0 Å². The first-order valence-electron chi connectivity index (χ1n) is 7.05. The lowest BCUT2D eigenvalue weighted by molar-refractivity contribution is -0.138. The number of rotatable bonds is 6. The van der Waals surface area contributed by atoms with Crippen molar-refractivity contribution < 1.29 is 19.8 Å². The second kappa shape index (κ2) is 7.38. The SMILES string of the molecule is NC(Cc1ccccc1-c1ccccc1/C=C/C(=O)O)C(=O)O. The van der Waals surface area contributed by atoms with Gasteiger partial charge in [-0.25, -0.2) is 4.79 Å². The summed E-state index contributed by atoms with van der Waals surface area (Å²) in [6.07, 6.45) is 2.79. The lowest BCUT2D eigenvalue weighted by atomic mass is 9.92. The number of carbonyl (C=O) groups is 2. The highest BCUT2D eigenvalue weighted by Crippen LogP contribution is 2.28. The Hall–Kier alpha value is -2.92. The van der Waals surface area contributed by atoms with E-state index in [2.05, 4.69) is 0 Å². The second-order valence-corrected chi connectivity index (χ2v) is 5.06. The summed E-state index contributed by atoms with van der Waals surface area (Å²) in [5.41, 5.74) is 8.86. The van der Waals surface area contributed by atoms with Gasteiger partial charge in [0.25, 0.3) is 0 Å². The first-order chi connectivity index (χ1) is 11.0. The fraction of sp³-hybridized carbons (Fsp3) is 0.111. The molecule has 2 rings (SSSR count). The van der Waals surface area contributed by atoms with Gasteiger partial charge in [-0.1, -0.05) is 48.5 Å². The van der Waals surface area contributed by atoms with E-state index in [-0.39, 0.29) is 6.42 Å². The third-order valence-corrected chi connectivity index (χ3v) is 3.43. The van der Waals surface area contributed by atoms with Crippen LogP contribution in [0.4, 0.5) is 0 Å². The maximum Gasteiger partial charge on any atom is 0.328 e. The van der Waals surface area contributed by atoms with Gasteiger partial charge in [0.2, 0.25) is 0 Å². The van der Waals surface area contributed by atoms with Gasteiger partial charge in [0, 0.05) is 6.08 Å². The van der Waals surface area contributed by atoms with Gasteiger partial charge in [0.05, 0.1) is 0 Å². The lowest BCUT2D eigenvalue weighted by Gasteiger charge is -2.14. The van der Waals surface area contributed by atoms with Crippen LogP contribution >= 0.6 is 0 Å². The van der Waals surface area contributed by atoms with E-state index < -0.39 is 18.0 Å². The fourth-order valence-corrected chi connectivity index (χ4v) is 2.33. The van der Waals surface area contributed by atoms with E-state index in [1.807, 2.05) is 48.5 Å². The van der Waals surface area contributed by atoms with Crippen LogP contribution in [0.25, 0.3) is 17.2 Å². The van der Waals surface area contributed by atoms with Crippen molar-refractivity contribution >= 4 is 18.0 Å². The van der Waals surface area contributed by atoms with Gasteiger partial charge in [0.1, 0.15) is 6.04 Å². The van der Waals surface area contributed by atoms with Crippen LogP contribution in [0.1, 0.15) is 11.1 Å². The van der Waals surface area contributed by atoms with E-state index in [1.54, 1.807) is 0 Å². The van der Waals surface area contributed by atoms with Crippen LogP contribution in [0.15, 0.2) is 54.6 Å². The normalized spacial score (nSPS) is 12.2. The molecule has 5 nitrogen and oxygen atoms in total. The minimum atomic E-state index is -1.06. The summed E-state index contributed by atoms with van der Waals surface area (Å²) >= 11 is 0. The van der Waals surface area contributed by atoms with E-state index in [0.29, 0.717) is 0 Å². The number of hydrogen-bond donors (Lipinski definition) is 3. The molecule has 0 heterocycles. The van der Waals surface area contributed by atoms with Crippen LogP contribution in [0.5, 0.6) is 0 Å². The van der Waals surface area contributed by atoms with Gasteiger partial charge in [-0.05, 0) is 34.8 Å². The van der Waals surface area contributed by atoms with E-state index >= 15 is 0 Å². The molecule has 0 aromatic heterocycles. The summed E-state index contributed by atoms with van der Waals surface area (Å²) < 4.78 is 0. The second-order valence-electron chi connectivity index (χ2n) is 5.06. The molecule has 4 N–H and O–H groups in total. The highest BCUT2D eigenvalue weighted by Gasteiger charge is 2.15. The average molecular weight is 311 g/mol. The molecule has 0 aliphatic rings. The van der Waals surface area contributed by atoms with Gasteiger partial charge >= 0.3 is 11.9 Å². The molecular weight excluding hydrogens is 294 g/mol. The first kappa shape index (κ1) is 16.5. The highest BCUT2D eigenvalue weighted by molar-refractivity contribution is 5.88. The maximum absolute atomic E-state index is 11.0. The molecule has 0 amide bonds. The number of hydrogen-bond acceptors (Lipinski definition) is 3. The van der Waals surface area contributed by atoms with Crippen LogP contribution in [-0.2, 0) is 16.0 Å². The molecule has 23 heavy (non-hydrogen) atoms. The zero-order chi connectivity index (χ0) is 16.8. The van der Waals surface area contributed by atoms with E-state index in [4.69, 9.17) is 15.9 Å². The van der Waals surface area contributed by atoms with E-state index in [9.17, 15) is 9.59 Å². The number of benzene rings is 2. The number of carboxylic acid groups (broad SMARTS) is 2. The predicted molar refractivity (Wildman–Crippen MR) is 87.9 cm³/mol. The molecule has 0 spiro atoms. The molecular formula is C18H17NO4. The van der Waals surface area contributed by atoms with Crippen LogP contribution in [-0.4, -0.2) is 28.2 Å². The van der Waals surface area contributed by atoms with E-state index in [1.165, 1.54) is 6.08 Å². The van der Waals surface area contributed by atoms with Gasteiger partial charge in [-0.3, -0.25) is 4.79 Å². The summed E-state index contributed by atoms with van der Waals surface area (Å²) in [5, 5.41) is 17.8. The molecule has 0 saturated carbocycles. The molecule has 1 unspecified atom stereocenters.